The van der Waals surface area contributed by atoms with Gasteiger partial charge in [0, 0.05) is 18.6 Å². The second kappa shape index (κ2) is 2.34. The standard InChI is InChI=1S/C7H6N2S/c1-2-8-6-7-9(3-1)4-5-10-7/h1-6H. The van der Waals surface area contributed by atoms with E-state index >= 15 is 0 Å². The van der Waals surface area contributed by atoms with E-state index in [0.29, 0.717) is 0 Å². The molecule has 0 amide bonds. The molecule has 0 N–H and O–H groups in total. The maximum Gasteiger partial charge on any atom is 0.102 e. The van der Waals surface area contributed by atoms with E-state index < -0.39 is 0 Å². The summed E-state index contributed by atoms with van der Waals surface area (Å²) >= 11 is 1.68. The Morgan fingerprint density at radius 2 is 2.40 bits per heavy atom. The van der Waals surface area contributed by atoms with Crippen molar-refractivity contribution in [1.82, 2.24) is 4.90 Å². The summed E-state index contributed by atoms with van der Waals surface area (Å²) in [6.45, 7) is 0. The lowest BCUT2D eigenvalue weighted by atomic mass is 10.6. The van der Waals surface area contributed by atoms with Gasteiger partial charge in [0.05, 0.1) is 6.20 Å². The van der Waals surface area contributed by atoms with Gasteiger partial charge < -0.3 is 4.90 Å². The van der Waals surface area contributed by atoms with Crippen LogP contribution < -0.4 is 0 Å². The zero-order valence-corrected chi connectivity index (χ0v) is 6.08. The molecule has 0 aromatic heterocycles. The average Bonchev–Trinajstić information content (AvgIpc) is 2.28. The van der Waals surface area contributed by atoms with Crippen LogP contribution in [0.5, 0.6) is 0 Å². The molecule has 2 aliphatic heterocycles. The minimum absolute atomic E-state index is 1.16. The van der Waals surface area contributed by atoms with Gasteiger partial charge in [-0.15, -0.1) is 0 Å². The lowest BCUT2D eigenvalue weighted by molar-refractivity contribution is 0.687. The maximum atomic E-state index is 4.04. The van der Waals surface area contributed by atoms with E-state index in [-0.39, 0.29) is 0 Å². The Kier molecular flexibility index (Phi) is 1.36. The maximum absolute atomic E-state index is 4.04. The summed E-state index contributed by atoms with van der Waals surface area (Å²) < 4.78 is 0. The highest BCUT2D eigenvalue weighted by Crippen LogP contribution is 2.29. The third-order valence-electron chi connectivity index (χ3n) is 1.27. The third kappa shape index (κ3) is 0.885. The quantitative estimate of drug-likeness (QED) is 0.524. The van der Waals surface area contributed by atoms with Gasteiger partial charge in [0.15, 0.2) is 0 Å². The number of hydrogen-bond acceptors (Lipinski definition) is 3. The molecule has 0 bridgehead atoms. The van der Waals surface area contributed by atoms with E-state index in [0.717, 1.165) is 5.03 Å². The highest BCUT2D eigenvalue weighted by molar-refractivity contribution is 8.06. The van der Waals surface area contributed by atoms with Crippen molar-refractivity contribution in [3.63, 3.8) is 0 Å². The predicted octanol–water partition coefficient (Wildman–Crippen LogP) is 1.90. The SMILES string of the molecule is C1=CN2C=CSC2=CN=C1. The number of aliphatic imine (C=N–C) groups is 1. The van der Waals surface area contributed by atoms with Gasteiger partial charge >= 0.3 is 0 Å². The summed E-state index contributed by atoms with van der Waals surface area (Å²) in [6.07, 6.45) is 9.55. The van der Waals surface area contributed by atoms with E-state index in [2.05, 4.69) is 4.99 Å². The first-order valence-electron chi connectivity index (χ1n) is 2.98. The van der Waals surface area contributed by atoms with Crippen molar-refractivity contribution in [2.75, 3.05) is 0 Å². The second-order valence-electron chi connectivity index (χ2n) is 1.92. The summed E-state index contributed by atoms with van der Waals surface area (Å²) in [5.74, 6) is 0. The summed E-state index contributed by atoms with van der Waals surface area (Å²) in [4.78, 5) is 6.08. The second-order valence-corrected chi connectivity index (χ2v) is 2.84. The van der Waals surface area contributed by atoms with Gasteiger partial charge in [-0.25, -0.2) is 0 Å². The molecule has 2 nitrogen and oxygen atoms in total. The molecule has 0 spiro atoms. The van der Waals surface area contributed by atoms with Crippen molar-refractivity contribution in [2.45, 2.75) is 0 Å². The molecule has 0 saturated carbocycles. The van der Waals surface area contributed by atoms with Crippen LogP contribution >= 0.6 is 11.8 Å². The first-order valence-corrected chi connectivity index (χ1v) is 3.86. The van der Waals surface area contributed by atoms with Gasteiger partial charge in [0.2, 0.25) is 0 Å². The van der Waals surface area contributed by atoms with Crippen molar-refractivity contribution >= 4 is 18.0 Å². The highest BCUT2D eigenvalue weighted by atomic mass is 32.2. The van der Waals surface area contributed by atoms with Crippen molar-refractivity contribution in [2.24, 2.45) is 4.99 Å². The summed E-state index contributed by atoms with van der Waals surface area (Å²) in [5.41, 5.74) is 0. The number of nitrogens with zero attached hydrogens (tertiary/aromatic N) is 2. The smallest absolute Gasteiger partial charge is 0.102 e. The Bertz CT molecular complexity index is 250. The first kappa shape index (κ1) is 5.80. The first-order chi connectivity index (χ1) is 4.97. The number of thioether (sulfide) groups is 1. The van der Waals surface area contributed by atoms with Gasteiger partial charge in [-0.2, -0.15) is 0 Å². The molecule has 2 rings (SSSR count). The average molecular weight is 150 g/mol. The Morgan fingerprint density at radius 1 is 1.40 bits per heavy atom. The van der Waals surface area contributed by atoms with Crippen LogP contribution in [-0.2, 0) is 0 Å². The molecular weight excluding hydrogens is 144 g/mol. The minimum Gasteiger partial charge on any atom is -0.316 e. The molecule has 0 aromatic carbocycles. The zero-order chi connectivity index (χ0) is 6.81. The highest BCUT2D eigenvalue weighted by Gasteiger charge is 2.08. The summed E-state index contributed by atoms with van der Waals surface area (Å²) in [5, 5.41) is 3.20. The molecule has 0 fully saturated rings. The van der Waals surface area contributed by atoms with Crippen LogP contribution in [0, 0.1) is 0 Å². The molecule has 0 atom stereocenters. The summed E-state index contributed by atoms with van der Waals surface area (Å²) in [7, 11) is 0. The number of hydrogen-bond donors (Lipinski definition) is 0. The molecule has 10 heavy (non-hydrogen) atoms. The zero-order valence-electron chi connectivity index (χ0n) is 5.27. The number of fused-ring (bicyclic) bond motifs is 1. The molecule has 0 aliphatic carbocycles. The molecule has 0 unspecified atom stereocenters. The van der Waals surface area contributed by atoms with Gasteiger partial charge in [-0.05, 0) is 11.5 Å². The van der Waals surface area contributed by atoms with Gasteiger partial charge in [0.1, 0.15) is 5.03 Å². The third-order valence-corrected chi connectivity index (χ3v) is 2.08. The normalized spacial score (nSPS) is 20.8. The largest absolute Gasteiger partial charge is 0.316 e. The van der Waals surface area contributed by atoms with E-state index in [1.165, 1.54) is 0 Å². The topological polar surface area (TPSA) is 15.6 Å². The van der Waals surface area contributed by atoms with Crippen molar-refractivity contribution < 1.29 is 0 Å². The van der Waals surface area contributed by atoms with Gasteiger partial charge in [-0.3, -0.25) is 4.99 Å². The fourth-order valence-electron chi connectivity index (χ4n) is 0.808. The van der Waals surface area contributed by atoms with Crippen LogP contribution in [0.1, 0.15) is 0 Å². The number of allylic oxidation sites excluding steroid dienone is 1. The summed E-state index contributed by atoms with van der Waals surface area (Å²) in [6, 6.07) is 0. The lowest BCUT2D eigenvalue weighted by Gasteiger charge is -2.07. The van der Waals surface area contributed by atoms with Gasteiger partial charge in [0.25, 0.3) is 0 Å². The lowest BCUT2D eigenvalue weighted by Crippen LogP contribution is -1.99. The van der Waals surface area contributed by atoms with E-state index in [1.54, 1.807) is 18.0 Å². The Morgan fingerprint density at radius 3 is 3.40 bits per heavy atom. The Hall–Kier alpha value is -0.960. The van der Waals surface area contributed by atoms with Crippen LogP contribution in [-0.4, -0.2) is 11.1 Å². The van der Waals surface area contributed by atoms with E-state index in [1.807, 2.05) is 35.0 Å². The molecule has 2 aliphatic rings. The van der Waals surface area contributed by atoms with Crippen molar-refractivity contribution in [3.05, 3.63) is 35.1 Å². The molecule has 0 saturated heterocycles. The molecule has 50 valence electrons. The number of rotatable bonds is 0. The molecule has 0 radical (unpaired) electrons. The van der Waals surface area contributed by atoms with E-state index in [4.69, 9.17) is 0 Å². The Balaban J connectivity index is 2.35. The molecule has 0 aromatic rings. The molecule has 3 heteroatoms. The fourth-order valence-corrected chi connectivity index (χ4v) is 1.50. The van der Waals surface area contributed by atoms with Crippen molar-refractivity contribution in [1.29, 1.82) is 0 Å². The van der Waals surface area contributed by atoms with Crippen LogP contribution in [0.4, 0.5) is 0 Å². The van der Waals surface area contributed by atoms with Crippen LogP contribution in [0.25, 0.3) is 0 Å². The fraction of sp³-hybridized carbons (Fsp3) is 0. The van der Waals surface area contributed by atoms with Crippen LogP contribution in [0.2, 0.25) is 0 Å². The van der Waals surface area contributed by atoms with Crippen LogP contribution in [0.15, 0.2) is 40.1 Å². The monoisotopic (exact) mass is 150 g/mol. The molecular formula is C7H6N2S. The van der Waals surface area contributed by atoms with Crippen LogP contribution in [0.3, 0.4) is 0 Å². The predicted molar refractivity (Wildman–Crippen MR) is 44.3 cm³/mol. The van der Waals surface area contributed by atoms with Crippen molar-refractivity contribution in [3.8, 4) is 0 Å². The Labute approximate surface area is 63.6 Å². The van der Waals surface area contributed by atoms with E-state index in [9.17, 15) is 0 Å². The van der Waals surface area contributed by atoms with Gasteiger partial charge in [-0.1, -0.05) is 11.8 Å². The minimum atomic E-state index is 1.16. The molecule has 2 heterocycles.